The van der Waals surface area contributed by atoms with Crippen LogP contribution in [0.25, 0.3) is 0 Å². The van der Waals surface area contributed by atoms with Crippen LogP contribution in [0.3, 0.4) is 0 Å². The molecule has 2 heteroatoms. The molecule has 1 aromatic heterocycles. The van der Waals surface area contributed by atoms with E-state index < -0.39 is 0 Å². The van der Waals surface area contributed by atoms with Crippen molar-refractivity contribution in [2.75, 3.05) is 5.32 Å². The number of benzene rings is 1. The molecular weight excluding hydrogens is 238 g/mol. The lowest BCUT2D eigenvalue weighted by atomic mass is 10.1. The van der Waals surface area contributed by atoms with Crippen LogP contribution in [0.5, 0.6) is 0 Å². The molecule has 2 rings (SSSR count). The van der Waals surface area contributed by atoms with Crippen LogP contribution in [0.4, 0.5) is 5.69 Å². The van der Waals surface area contributed by atoms with Crippen LogP contribution in [-0.2, 0) is 6.42 Å². The van der Waals surface area contributed by atoms with E-state index in [1.165, 1.54) is 26.6 Å². The average Bonchev–Trinajstić information content (AvgIpc) is 2.78. The fourth-order valence-corrected chi connectivity index (χ4v) is 3.03. The molecule has 0 saturated heterocycles. The van der Waals surface area contributed by atoms with E-state index in [0.29, 0.717) is 6.04 Å². The minimum Gasteiger partial charge on any atom is -0.378 e. The first kappa shape index (κ1) is 13.2. The summed E-state index contributed by atoms with van der Waals surface area (Å²) in [6.45, 7) is 8.76. The zero-order valence-corrected chi connectivity index (χ0v) is 12.4. The molecule has 0 aliphatic heterocycles. The first-order valence-corrected chi connectivity index (χ1v) is 7.34. The largest absolute Gasteiger partial charge is 0.378 e. The average molecular weight is 259 g/mol. The van der Waals surface area contributed by atoms with E-state index in [1.54, 1.807) is 0 Å². The summed E-state index contributed by atoms with van der Waals surface area (Å²) >= 11 is 1.87. The maximum absolute atomic E-state index is 3.58. The van der Waals surface area contributed by atoms with Gasteiger partial charge in [0.25, 0.3) is 0 Å². The molecule has 0 saturated carbocycles. The fraction of sp³-hybridized carbons (Fsp3) is 0.375. The van der Waals surface area contributed by atoms with Crippen molar-refractivity contribution in [1.82, 2.24) is 0 Å². The molecule has 2 aromatic rings. The lowest BCUT2D eigenvalue weighted by Crippen LogP contribution is -2.05. The fourth-order valence-electron chi connectivity index (χ4n) is 2.15. The van der Waals surface area contributed by atoms with Gasteiger partial charge >= 0.3 is 0 Å². The summed E-state index contributed by atoms with van der Waals surface area (Å²) in [5.41, 5.74) is 4.02. The van der Waals surface area contributed by atoms with Crippen LogP contribution < -0.4 is 5.32 Å². The molecule has 0 amide bonds. The van der Waals surface area contributed by atoms with Crippen LogP contribution in [-0.4, -0.2) is 0 Å². The van der Waals surface area contributed by atoms with E-state index in [2.05, 4.69) is 63.3 Å². The monoisotopic (exact) mass is 259 g/mol. The Balaban J connectivity index is 2.14. The van der Waals surface area contributed by atoms with Crippen LogP contribution in [0.15, 0.2) is 30.3 Å². The highest BCUT2D eigenvalue weighted by molar-refractivity contribution is 7.12. The van der Waals surface area contributed by atoms with Gasteiger partial charge in [-0.15, -0.1) is 11.3 Å². The Labute approximate surface area is 114 Å². The topological polar surface area (TPSA) is 12.0 Å². The predicted molar refractivity (Wildman–Crippen MR) is 81.7 cm³/mol. The summed E-state index contributed by atoms with van der Waals surface area (Å²) in [5, 5.41) is 3.58. The Morgan fingerprint density at radius 1 is 1.17 bits per heavy atom. The van der Waals surface area contributed by atoms with Gasteiger partial charge in [-0.05, 0) is 62.6 Å². The number of aryl methyl sites for hydroxylation is 3. The molecule has 1 unspecified atom stereocenters. The molecule has 1 heterocycles. The van der Waals surface area contributed by atoms with Gasteiger partial charge in [0.2, 0.25) is 0 Å². The Kier molecular flexibility index (Phi) is 4.07. The van der Waals surface area contributed by atoms with Crippen molar-refractivity contribution in [2.45, 2.75) is 40.2 Å². The van der Waals surface area contributed by atoms with Crippen molar-refractivity contribution >= 4 is 17.0 Å². The Hall–Kier alpha value is -1.28. The molecule has 1 nitrogen and oxygen atoms in total. The van der Waals surface area contributed by atoms with Gasteiger partial charge in [-0.2, -0.15) is 0 Å². The number of anilines is 1. The summed E-state index contributed by atoms with van der Waals surface area (Å²) in [4.78, 5) is 2.77. The Bertz CT molecular complexity index is 528. The maximum atomic E-state index is 3.58. The van der Waals surface area contributed by atoms with Gasteiger partial charge in [0.1, 0.15) is 0 Å². The lowest BCUT2D eigenvalue weighted by molar-refractivity contribution is 0.906. The van der Waals surface area contributed by atoms with Crippen LogP contribution >= 0.6 is 11.3 Å². The van der Waals surface area contributed by atoms with Gasteiger partial charge in [0.05, 0.1) is 6.04 Å². The van der Waals surface area contributed by atoms with E-state index in [0.717, 1.165) is 6.42 Å². The second kappa shape index (κ2) is 5.57. The van der Waals surface area contributed by atoms with Crippen molar-refractivity contribution < 1.29 is 0 Å². The highest BCUT2D eigenvalue weighted by Gasteiger charge is 2.08. The quantitative estimate of drug-likeness (QED) is 0.805. The second-order valence-electron chi connectivity index (χ2n) is 4.81. The molecule has 0 fully saturated rings. The number of hydrogen-bond acceptors (Lipinski definition) is 2. The number of hydrogen-bond donors (Lipinski definition) is 1. The van der Waals surface area contributed by atoms with E-state index >= 15 is 0 Å². The standard InChI is InChI=1S/C16H21NS/c1-5-14-10-15(8-6-11(14)2)17-13(4)16-9-7-12(3)18-16/h6-10,13,17H,5H2,1-4H3. The van der Waals surface area contributed by atoms with Crippen molar-refractivity contribution in [1.29, 1.82) is 0 Å². The lowest BCUT2D eigenvalue weighted by Gasteiger charge is -2.15. The molecule has 18 heavy (non-hydrogen) atoms. The first-order valence-electron chi connectivity index (χ1n) is 6.52. The number of thiophene rings is 1. The minimum absolute atomic E-state index is 0.371. The molecule has 0 aliphatic rings. The Morgan fingerprint density at radius 3 is 2.56 bits per heavy atom. The van der Waals surface area contributed by atoms with Gasteiger partial charge < -0.3 is 5.32 Å². The van der Waals surface area contributed by atoms with Crippen LogP contribution in [0.1, 0.15) is 40.8 Å². The molecule has 0 aliphatic carbocycles. The predicted octanol–water partition coefficient (Wildman–Crippen LogP) is 5.10. The summed E-state index contributed by atoms with van der Waals surface area (Å²) in [7, 11) is 0. The summed E-state index contributed by atoms with van der Waals surface area (Å²) in [6.07, 6.45) is 1.09. The van der Waals surface area contributed by atoms with Gasteiger partial charge in [-0.3, -0.25) is 0 Å². The smallest absolute Gasteiger partial charge is 0.0578 e. The summed E-state index contributed by atoms with van der Waals surface area (Å²) in [5.74, 6) is 0. The highest BCUT2D eigenvalue weighted by atomic mass is 32.1. The first-order chi connectivity index (χ1) is 8.60. The third kappa shape index (κ3) is 2.94. The number of rotatable bonds is 4. The molecule has 0 bridgehead atoms. The minimum atomic E-state index is 0.371. The molecule has 1 atom stereocenters. The third-order valence-electron chi connectivity index (χ3n) is 3.30. The molecule has 96 valence electrons. The molecule has 1 aromatic carbocycles. The SMILES string of the molecule is CCc1cc(NC(C)c2ccc(C)s2)ccc1C. The zero-order chi connectivity index (χ0) is 13.1. The Morgan fingerprint density at radius 2 is 1.94 bits per heavy atom. The normalized spacial score (nSPS) is 12.4. The van der Waals surface area contributed by atoms with Crippen molar-refractivity contribution in [2.24, 2.45) is 0 Å². The third-order valence-corrected chi connectivity index (χ3v) is 4.48. The summed E-state index contributed by atoms with van der Waals surface area (Å²) < 4.78 is 0. The van der Waals surface area contributed by atoms with Crippen molar-refractivity contribution in [3.63, 3.8) is 0 Å². The van der Waals surface area contributed by atoms with Crippen molar-refractivity contribution in [3.8, 4) is 0 Å². The maximum Gasteiger partial charge on any atom is 0.0578 e. The van der Waals surface area contributed by atoms with E-state index in [9.17, 15) is 0 Å². The molecular formula is C16H21NS. The molecule has 0 spiro atoms. The van der Waals surface area contributed by atoms with Gasteiger partial charge in [-0.25, -0.2) is 0 Å². The van der Waals surface area contributed by atoms with E-state index in [-0.39, 0.29) is 0 Å². The van der Waals surface area contributed by atoms with Crippen molar-refractivity contribution in [3.05, 3.63) is 51.2 Å². The number of nitrogens with one attached hydrogen (secondary N) is 1. The van der Waals surface area contributed by atoms with Crippen LogP contribution in [0.2, 0.25) is 0 Å². The zero-order valence-electron chi connectivity index (χ0n) is 11.6. The van der Waals surface area contributed by atoms with Gasteiger partial charge in [0.15, 0.2) is 0 Å². The van der Waals surface area contributed by atoms with E-state index in [1.807, 2.05) is 11.3 Å². The molecule has 1 N–H and O–H groups in total. The summed E-state index contributed by atoms with van der Waals surface area (Å²) in [6, 6.07) is 11.4. The molecule has 0 radical (unpaired) electrons. The van der Waals surface area contributed by atoms with Crippen LogP contribution in [0, 0.1) is 13.8 Å². The van der Waals surface area contributed by atoms with Gasteiger partial charge in [0, 0.05) is 15.4 Å². The van der Waals surface area contributed by atoms with E-state index in [4.69, 9.17) is 0 Å². The van der Waals surface area contributed by atoms with Gasteiger partial charge in [-0.1, -0.05) is 13.0 Å². The highest BCUT2D eigenvalue weighted by Crippen LogP contribution is 2.26. The second-order valence-corrected chi connectivity index (χ2v) is 6.13.